The van der Waals surface area contributed by atoms with E-state index in [1.54, 1.807) is 0 Å². The lowest BCUT2D eigenvalue weighted by Crippen LogP contribution is -2.12. The summed E-state index contributed by atoms with van der Waals surface area (Å²) in [6, 6.07) is 73.3. The number of benzene rings is 10. The quantitative estimate of drug-likeness (QED) is 0.164. The van der Waals surface area contributed by atoms with Crippen molar-refractivity contribution in [3.05, 3.63) is 228 Å². The monoisotopic (exact) mass is 794 g/mol. The van der Waals surface area contributed by atoms with Gasteiger partial charge in [0.1, 0.15) is 0 Å². The largest absolute Gasteiger partial charge is 0.310 e. The Labute approximate surface area is 364 Å². The molecule has 0 aromatic heterocycles. The van der Waals surface area contributed by atoms with Crippen LogP contribution in [0.2, 0.25) is 0 Å². The molecule has 10 aromatic rings. The first-order chi connectivity index (χ1) is 30.6. The fraction of sp³-hybridized carbons (Fsp3) is 0.100. The number of aryl methyl sites for hydroxylation is 6. The summed E-state index contributed by atoms with van der Waals surface area (Å²) in [6.07, 6.45) is 4.04. The van der Waals surface area contributed by atoms with E-state index in [-0.39, 0.29) is 0 Å². The summed E-state index contributed by atoms with van der Waals surface area (Å²) in [5, 5.41) is 7.48. The topological polar surface area (TPSA) is 6.48 Å². The van der Waals surface area contributed by atoms with Crippen LogP contribution in [0.25, 0.3) is 54.6 Å². The molecule has 2 heterocycles. The molecule has 0 radical (unpaired) electrons. The Morgan fingerprint density at radius 1 is 0.306 bits per heavy atom. The minimum absolute atomic E-state index is 1.01. The predicted molar refractivity (Wildman–Crippen MR) is 263 cm³/mol. The Balaban J connectivity index is 1.21. The van der Waals surface area contributed by atoms with Crippen molar-refractivity contribution in [3.8, 4) is 22.3 Å². The minimum Gasteiger partial charge on any atom is -0.310 e. The van der Waals surface area contributed by atoms with Gasteiger partial charge in [-0.25, -0.2) is 0 Å². The highest BCUT2D eigenvalue weighted by Gasteiger charge is 2.27. The van der Waals surface area contributed by atoms with E-state index in [9.17, 15) is 0 Å². The normalized spacial score (nSPS) is 13.3. The summed E-state index contributed by atoms with van der Waals surface area (Å²) in [7, 11) is 0. The van der Waals surface area contributed by atoms with Crippen LogP contribution in [0.1, 0.15) is 33.4 Å². The second-order valence-electron chi connectivity index (χ2n) is 17.3. The van der Waals surface area contributed by atoms with Crippen molar-refractivity contribution in [1.29, 1.82) is 0 Å². The second-order valence-corrected chi connectivity index (χ2v) is 17.3. The standard InChI is InChI=1S/C60H46N2/c1-39-33-40(2)35-48(34-39)60-52-32-30-49(61-55-19-9-5-14-42(55)24-25-43-15-6-10-20-56(43)61)37-53(52)59(47-28-23-41-13-3-4-18-46(41)36-47)51-31-29-50(38-54(51)60)62-57-21-11-7-16-44(57)26-27-45-17-8-12-22-58(45)62/h3-23,28-38H,24-27H2,1-2H3. The molecular weight excluding hydrogens is 749 g/mol. The van der Waals surface area contributed by atoms with E-state index < -0.39 is 0 Å². The summed E-state index contributed by atoms with van der Waals surface area (Å²) in [4.78, 5) is 5.03. The molecule has 296 valence electrons. The van der Waals surface area contributed by atoms with Gasteiger partial charge in [-0.1, -0.05) is 151 Å². The molecule has 0 saturated heterocycles. The van der Waals surface area contributed by atoms with Crippen molar-refractivity contribution >= 4 is 66.4 Å². The first-order valence-electron chi connectivity index (χ1n) is 22.1. The second kappa shape index (κ2) is 14.6. The van der Waals surface area contributed by atoms with E-state index in [1.165, 1.54) is 122 Å². The fourth-order valence-electron chi connectivity index (χ4n) is 10.7. The lowest BCUT2D eigenvalue weighted by atomic mass is 9.84. The van der Waals surface area contributed by atoms with Crippen LogP contribution in [0.3, 0.4) is 0 Å². The highest BCUT2D eigenvalue weighted by molar-refractivity contribution is 6.23. The third-order valence-corrected chi connectivity index (χ3v) is 13.4. The predicted octanol–water partition coefficient (Wildman–Crippen LogP) is 16.2. The number of nitrogens with zero attached hydrogens (tertiary/aromatic N) is 2. The Morgan fingerprint density at radius 3 is 1.18 bits per heavy atom. The first kappa shape index (κ1) is 36.4. The van der Waals surface area contributed by atoms with Gasteiger partial charge in [-0.3, -0.25) is 0 Å². The van der Waals surface area contributed by atoms with Gasteiger partial charge in [0.25, 0.3) is 0 Å². The van der Waals surface area contributed by atoms with Gasteiger partial charge in [-0.2, -0.15) is 0 Å². The van der Waals surface area contributed by atoms with Crippen LogP contribution in [-0.4, -0.2) is 0 Å². The van der Waals surface area contributed by atoms with Gasteiger partial charge >= 0.3 is 0 Å². The van der Waals surface area contributed by atoms with Crippen LogP contribution in [0.15, 0.2) is 194 Å². The van der Waals surface area contributed by atoms with Gasteiger partial charge in [0.15, 0.2) is 0 Å². The molecule has 62 heavy (non-hydrogen) atoms. The number of fused-ring (bicyclic) bond motifs is 7. The van der Waals surface area contributed by atoms with E-state index >= 15 is 0 Å². The maximum Gasteiger partial charge on any atom is 0.0493 e. The summed E-state index contributed by atoms with van der Waals surface area (Å²) in [6.45, 7) is 4.46. The molecule has 0 fully saturated rings. The number of para-hydroxylation sites is 4. The number of anilines is 6. The van der Waals surface area contributed by atoms with E-state index in [0.29, 0.717) is 0 Å². The van der Waals surface area contributed by atoms with Crippen molar-refractivity contribution < 1.29 is 0 Å². The molecule has 12 rings (SSSR count). The molecule has 0 amide bonds. The van der Waals surface area contributed by atoms with Gasteiger partial charge in [0, 0.05) is 34.1 Å². The average molecular weight is 795 g/mol. The number of hydrogen-bond donors (Lipinski definition) is 0. The van der Waals surface area contributed by atoms with Crippen molar-refractivity contribution in [2.45, 2.75) is 39.5 Å². The van der Waals surface area contributed by atoms with E-state index in [1.807, 2.05) is 0 Å². The molecule has 2 aliphatic heterocycles. The summed E-state index contributed by atoms with van der Waals surface area (Å²) in [5.41, 5.74) is 20.4. The third kappa shape index (κ3) is 6.01. The third-order valence-electron chi connectivity index (χ3n) is 13.4. The zero-order valence-electron chi connectivity index (χ0n) is 35.2. The number of hydrogen-bond acceptors (Lipinski definition) is 2. The molecule has 2 aliphatic rings. The zero-order valence-corrected chi connectivity index (χ0v) is 35.2. The molecule has 10 aromatic carbocycles. The van der Waals surface area contributed by atoms with Crippen LogP contribution in [-0.2, 0) is 25.7 Å². The van der Waals surface area contributed by atoms with Crippen LogP contribution < -0.4 is 9.80 Å². The van der Waals surface area contributed by atoms with Gasteiger partial charge in [0.2, 0.25) is 0 Å². The van der Waals surface area contributed by atoms with E-state index in [0.717, 1.165) is 25.7 Å². The summed E-state index contributed by atoms with van der Waals surface area (Å²) >= 11 is 0. The highest BCUT2D eigenvalue weighted by atomic mass is 15.2. The molecule has 0 aliphatic carbocycles. The SMILES string of the molecule is Cc1cc(C)cc(-c2c3ccc(N4c5ccccc5CCc5ccccc54)cc3c(-c3ccc4ccccc4c3)c3ccc(N4c5ccccc5CCc5ccccc54)cc23)c1. The molecule has 2 nitrogen and oxygen atoms in total. The Bertz CT molecular complexity index is 3300. The minimum atomic E-state index is 1.01. The Morgan fingerprint density at radius 2 is 0.710 bits per heavy atom. The van der Waals surface area contributed by atoms with Gasteiger partial charge in [0.05, 0.1) is 0 Å². The van der Waals surface area contributed by atoms with Crippen LogP contribution >= 0.6 is 0 Å². The summed E-state index contributed by atoms with van der Waals surface area (Å²) < 4.78 is 0. The van der Waals surface area contributed by atoms with Crippen molar-refractivity contribution in [3.63, 3.8) is 0 Å². The first-order valence-corrected chi connectivity index (χ1v) is 22.1. The van der Waals surface area contributed by atoms with Crippen molar-refractivity contribution in [2.24, 2.45) is 0 Å². The van der Waals surface area contributed by atoms with E-state index in [4.69, 9.17) is 0 Å². The van der Waals surface area contributed by atoms with Crippen molar-refractivity contribution in [2.75, 3.05) is 9.80 Å². The molecule has 0 atom stereocenters. The maximum atomic E-state index is 2.51. The molecule has 0 bridgehead atoms. The smallest absolute Gasteiger partial charge is 0.0493 e. The lowest BCUT2D eigenvalue weighted by molar-refractivity contribution is 0.977. The van der Waals surface area contributed by atoms with Crippen LogP contribution in [0, 0.1) is 13.8 Å². The molecule has 0 spiro atoms. The van der Waals surface area contributed by atoms with Gasteiger partial charge in [-0.15, -0.1) is 0 Å². The number of rotatable bonds is 4. The Hall–Kier alpha value is -7.42. The van der Waals surface area contributed by atoms with Crippen molar-refractivity contribution in [1.82, 2.24) is 0 Å². The van der Waals surface area contributed by atoms with Crippen LogP contribution in [0.5, 0.6) is 0 Å². The average Bonchev–Trinajstić information content (AvgIpc) is 3.58. The van der Waals surface area contributed by atoms with Crippen LogP contribution in [0.4, 0.5) is 34.1 Å². The van der Waals surface area contributed by atoms with E-state index in [2.05, 4.69) is 218 Å². The highest BCUT2D eigenvalue weighted by Crippen LogP contribution is 2.50. The van der Waals surface area contributed by atoms with Gasteiger partial charge in [-0.05, 0) is 171 Å². The maximum absolute atomic E-state index is 2.51. The molecule has 2 heteroatoms. The molecule has 0 N–H and O–H groups in total. The molecule has 0 unspecified atom stereocenters. The lowest BCUT2D eigenvalue weighted by Gasteiger charge is -2.29. The molecule has 0 saturated carbocycles. The molecular formula is C60H46N2. The summed E-state index contributed by atoms with van der Waals surface area (Å²) in [5.74, 6) is 0. The fourth-order valence-corrected chi connectivity index (χ4v) is 10.7. The zero-order chi connectivity index (χ0) is 41.3. The van der Waals surface area contributed by atoms with Gasteiger partial charge < -0.3 is 9.80 Å². The Kier molecular flexibility index (Phi) is 8.60.